The van der Waals surface area contributed by atoms with E-state index in [0.29, 0.717) is 5.56 Å². The predicted octanol–water partition coefficient (Wildman–Crippen LogP) is 4.14. The van der Waals surface area contributed by atoms with Gasteiger partial charge in [0, 0.05) is 6.42 Å². The summed E-state index contributed by atoms with van der Waals surface area (Å²) in [4.78, 5) is 24.0. The summed E-state index contributed by atoms with van der Waals surface area (Å²) in [5.74, 6) is -2.87. The summed E-state index contributed by atoms with van der Waals surface area (Å²) in [5, 5.41) is 12.3. The first-order valence-electron chi connectivity index (χ1n) is 9.33. The summed E-state index contributed by atoms with van der Waals surface area (Å²) in [5.41, 5.74) is 4.17. The molecule has 3 rings (SSSR count). The van der Waals surface area contributed by atoms with E-state index in [1.165, 1.54) is 48.2 Å². The minimum atomic E-state index is -1.10. The second-order valence-corrected chi connectivity index (χ2v) is 7.17. The Balaban J connectivity index is 1.66. The molecule has 2 atom stereocenters. The summed E-state index contributed by atoms with van der Waals surface area (Å²) in [7, 11) is 0. The maximum Gasteiger partial charge on any atom is 0.311 e. The van der Waals surface area contributed by atoms with Crippen LogP contribution in [0.1, 0.15) is 60.4 Å². The molecule has 0 fully saturated rings. The first-order valence-corrected chi connectivity index (χ1v) is 9.33. The number of hydrogen-bond acceptors (Lipinski definition) is 2. The first kappa shape index (κ1) is 19.1. The molecular weight excluding hydrogens is 345 g/mol. The van der Waals surface area contributed by atoms with E-state index in [-0.39, 0.29) is 18.4 Å². The number of carbonyl (C=O) groups is 2. The fourth-order valence-corrected chi connectivity index (χ4v) is 3.63. The SMILES string of the molecule is CC(NC(=O)CC(C(=O)O)c1ccc(F)cc1)c1ccc2c(c1)CCCC2. The van der Waals surface area contributed by atoms with E-state index in [9.17, 15) is 19.1 Å². The number of benzene rings is 2. The Morgan fingerprint density at radius 3 is 2.33 bits per heavy atom. The molecule has 142 valence electrons. The van der Waals surface area contributed by atoms with Crippen molar-refractivity contribution in [2.45, 2.75) is 51.0 Å². The van der Waals surface area contributed by atoms with Gasteiger partial charge in [-0.05, 0) is 67.0 Å². The Morgan fingerprint density at radius 1 is 1.04 bits per heavy atom. The van der Waals surface area contributed by atoms with Gasteiger partial charge in [0.15, 0.2) is 0 Å². The summed E-state index contributed by atoms with van der Waals surface area (Å²) >= 11 is 0. The molecule has 1 aliphatic rings. The highest BCUT2D eigenvalue weighted by Crippen LogP contribution is 2.25. The summed E-state index contributed by atoms with van der Waals surface area (Å²) in [6.07, 6.45) is 4.40. The molecular formula is C22H24FNO3. The van der Waals surface area contributed by atoms with Crippen LogP contribution in [0, 0.1) is 5.82 Å². The molecule has 1 aliphatic carbocycles. The number of carbonyl (C=O) groups excluding carboxylic acids is 1. The van der Waals surface area contributed by atoms with E-state index in [1.54, 1.807) is 0 Å². The Hall–Kier alpha value is -2.69. The average Bonchev–Trinajstić information content (AvgIpc) is 2.66. The Morgan fingerprint density at radius 2 is 1.67 bits per heavy atom. The molecule has 0 spiro atoms. The predicted molar refractivity (Wildman–Crippen MR) is 101 cm³/mol. The van der Waals surface area contributed by atoms with E-state index < -0.39 is 17.7 Å². The summed E-state index contributed by atoms with van der Waals surface area (Å²) in [6, 6.07) is 11.3. The highest BCUT2D eigenvalue weighted by molar-refractivity contribution is 5.85. The fraction of sp³-hybridized carbons (Fsp3) is 0.364. The van der Waals surface area contributed by atoms with E-state index in [2.05, 4.69) is 17.4 Å². The van der Waals surface area contributed by atoms with Gasteiger partial charge in [-0.3, -0.25) is 9.59 Å². The van der Waals surface area contributed by atoms with Crippen molar-refractivity contribution in [1.29, 1.82) is 0 Å². The maximum atomic E-state index is 13.1. The van der Waals surface area contributed by atoms with Gasteiger partial charge in [-0.15, -0.1) is 0 Å². The van der Waals surface area contributed by atoms with Gasteiger partial charge in [-0.1, -0.05) is 30.3 Å². The van der Waals surface area contributed by atoms with Gasteiger partial charge in [0.05, 0.1) is 12.0 Å². The first-order chi connectivity index (χ1) is 12.9. The van der Waals surface area contributed by atoms with Crippen molar-refractivity contribution in [2.24, 2.45) is 0 Å². The van der Waals surface area contributed by atoms with Gasteiger partial charge in [-0.25, -0.2) is 4.39 Å². The van der Waals surface area contributed by atoms with Crippen molar-refractivity contribution in [1.82, 2.24) is 5.32 Å². The van der Waals surface area contributed by atoms with Crippen LogP contribution in [0.3, 0.4) is 0 Å². The number of amides is 1. The van der Waals surface area contributed by atoms with Crippen molar-refractivity contribution in [3.8, 4) is 0 Å². The van der Waals surface area contributed by atoms with Gasteiger partial charge in [-0.2, -0.15) is 0 Å². The van der Waals surface area contributed by atoms with Gasteiger partial charge in [0.2, 0.25) is 5.91 Å². The zero-order valence-electron chi connectivity index (χ0n) is 15.4. The molecule has 0 aromatic heterocycles. The number of halogens is 1. The van der Waals surface area contributed by atoms with Gasteiger partial charge >= 0.3 is 5.97 Å². The van der Waals surface area contributed by atoms with Crippen LogP contribution in [0.15, 0.2) is 42.5 Å². The van der Waals surface area contributed by atoms with Crippen LogP contribution in [0.25, 0.3) is 0 Å². The van der Waals surface area contributed by atoms with Crippen molar-refractivity contribution in [3.63, 3.8) is 0 Å². The fourth-order valence-electron chi connectivity index (χ4n) is 3.63. The maximum absolute atomic E-state index is 13.1. The highest BCUT2D eigenvalue weighted by atomic mass is 19.1. The number of aryl methyl sites for hydroxylation is 2. The molecule has 2 N–H and O–H groups in total. The number of fused-ring (bicyclic) bond motifs is 1. The van der Waals surface area contributed by atoms with Crippen molar-refractivity contribution in [3.05, 3.63) is 70.5 Å². The van der Waals surface area contributed by atoms with E-state index in [1.807, 2.05) is 13.0 Å². The third kappa shape index (κ3) is 4.73. The quantitative estimate of drug-likeness (QED) is 0.804. The Bertz CT molecular complexity index is 832. The zero-order valence-corrected chi connectivity index (χ0v) is 15.4. The second-order valence-electron chi connectivity index (χ2n) is 7.17. The topological polar surface area (TPSA) is 66.4 Å². The molecule has 0 bridgehead atoms. The molecule has 0 heterocycles. The molecule has 0 saturated carbocycles. The molecule has 5 heteroatoms. The third-order valence-electron chi connectivity index (χ3n) is 5.21. The van der Waals surface area contributed by atoms with Gasteiger partial charge in [0.1, 0.15) is 5.82 Å². The monoisotopic (exact) mass is 369 g/mol. The lowest BCUT2D eigenvalue weighted by Gasteiger charge is -2.21. The van der Waals surface area contributed by atoms with E-state index in [4.69, 9.17) is 0 Å². The number of rotatable bonds is 6. The van der Waals surface area contributed by atoms with Gasteiger partial charge < -0.3 is 10.4 Å². The number of hydrogen-bond donors (Lipinski definition) is 2. The largest absolute Gasteiger partial charge is 0.481 e. The Labute approximate surface area is 158 Å². The summed E-state index contributed by atoms with van der Waals surface area (Å²) in [6.45, 7) is 1.90. The lowest BCUT2D eigenvalue weighted by atomic mass is 9.89. The number of nitrogens with one attached hydrogen (secondary N) is 1. The van der Waals surface area contributed by atoms with Crippen LogP contribution in [0.5, 0.6) is 0 Å². The molecule has 2 aromatic carbocycles. The van der Waals surface area contributed by atoms with Crippen LogP contribution in [-0.4, -0.2) is 17.0 Å². The van der Waals surface area contributed by atoms with Crippen molar-refractivity contribution < 1.29 is 19.1 Å². The molecule has 2 unspecified atom stereocenters. The number of carboxylic acid groups (broad SMARTS) is 1. The van der Waals surface area contributed by atoms with Crippen LogP contribution in [0.2, 0.25) is 0 Å². The lowest BCUT2D eigenvalue weighted by molar-refractivity contribution is -0.140. The zero-order chi connectivity index (χ0) is 19.4. The lowest BCUT2D eigenvalue weighted by Crippen LogP contribution is -2.30. The van der Waals surface area contributed by atoms with Crippen LogP contribution < -0.4 is 5.32 Å². The summed E-state index contributed by atoms with van der Waals surface area (Å²) < 4.78 is 13.1. The molecule has 0 aliphatic heterocycles. The minimum Gasteiger partial charge on any atom is -0.481 e. The number of aliphatic carboxylic acids is 1. The molecule has 4 nitrogen and oxygen atoms in total. The van der Waals surface area contributed by atoms with E-state index in [0.717, 1.165) is 18.4 Å². The molecule has 2 aromatic rings. The van der Waals surface area contributed by atoms with Crippen LogP contribution >= 0.6 is 0 Å². The number of carboxylic acids is 1. The molecule has 0 radical (unpaired) electrons. The van der Waals surface area contributed by atoms with Crippen LogP contribution in [-0.2, 0) is 22.4 Å². The third-order valence-corrected chi connectivity index (χ3v) is 5.21. The average molecular weight is 369 g/mol. The van der Waals surface area contributed by atoms with E-state index >= 15 is 0 Å². The van der Waals surface area contributed by atoms with Gasteiger partial charge in [0.25, 0.3) is 0 Å². The smallest absolute Gasteiger partial charge is 0.311 e. The van der Waals surface area contributed by atoms with Crippen molar-refractivity contribution >= 4 is 11.9 Å². The second kappa shape index (κ2) is 8.33. The molecule has 0 saturated heterocycles. The Kier molecular flexibility index (Phi) is 5.89. The minimum absolute atomic E-state index is 0.184. The highest BCUT2D eigenvalue weighted by Gasteiger charge is 2.24. The molecule has 1 amide bonds. The van der Waals surface area contributed by atoms with Crippen LogP contribution in [0.4, 0.5) is 4.39 Å². The normalized spacial score (nSPS) is 15.5. The van der Waals surface area contributed by atoms with Crippen molar-refractivity contribution in [2.75, 3.05) is 0 Å². The standard InChI is InChI=1S/C22H24FNO3/c1-14(17-7-6-15-4-2-3-5-18(15)12-17)24-21(25)13-20(22(26)27)16-8-10-19(23)11-9-16/h6-12,14,20H,2-5,13H2,1H3,(H,24,25)(H,26,27). The molecule has 27 heavy (non-hydrogen) atoms.